The molecule has 1 aliphatic heterocycles. The van der Waals surface area contributed by atoms with E-state index in [1.54, 1.807) is 0 Å². The van der Waals surface area contributed by atoms with Gasteiger partial charge in [-0.05, 0) is 72.5 Å². The summed E-state index contributed by atoms with van der Waals surface area (Å²) in [4.78, 5) is 11.3. The highest BCUT2D eigenvalue weighted by Gasteiger charge is 2.21. The van der Waals surface area contributed by atoms with Crippen molar-refractivity contribution in [2.75, 3.05) is 26.7 Å². The molecule has 3 rings (SSSR count). The van der Waals surface area contributed by atoms with Crippen LogP contribution in [0.2, 0.25) is 0 Å². The highest BCUT2D eigenvalue weighted by molar-refractivity contribution is 14.0. The predicted octanol–water partition coefficient (Wildman–Crippen LogP) is 4.66. The lowest BCUT2D eigenvalue weighted by molar-refractivity contribution is 0.129. The lowest BCUT2D eigenvalue weighted by atomic mass is 9.97. The van der Waals surface area contributed by atoms with Crippen molar-refractivity contribution in [3.63, 3.8) is 0 Å². The number of halogens is 1. The zero-order chi connectivity index (χ0) is 23.1. The third-order valence-corrected chi connectivity index (χ3v) is 5.76. The summed E-state index contributed by atoms with van der Waals surface area (Å²) < 4.78 is 11.8. The van der Waals surface area contributed by atoms with Crippen LogP contribution >= 0.6 is 24.0 Å². The van der Waals surface area contributed by atoms with Crippen molar-refractivity contribution < 1.29 is 9.15 Å². The van der Waals surface area contributed by atoms with E-state index in [-0.39, 0.29) is 29.6 Å². The van der Waals surface area contributed by atoms with Crippen molar-refractivity contribution in [2.24, 2.45) is 10.9 Å². The van der Waals surface area contributed by atoms with Crippen LogP contribution in [0.3, 0.4) is 0 Å². The number of guanidine groups is 1. The van der Waals surface area contributed by atoms with Crippen LogP contribution in [0.4, 0.5) is 0 Å². The van der Waals surface area contributed by atoms with Crippen LogP contribution < -0.4 is 15.4 Å². The van der Waals surface area contributed by atoms with Crippen LogP contribution in [0.1, 0.15) is 56.5 Å². The number of piperidine rings is 1. The molecule has 7 nitrogen and oxygen atoms in total. The number of hydrogen-bond donors (Lipinski definition) is 2. The van der Waals surface area contributed by atoms with Crippen LogP contribution in [-0.2, 0) is 13.1 Å². The largest absolute Gasteiger partial charge is 0.488 e. The molecule has 0 saturated carbocycles. The average Bonchev–Trinajstić information content (AvgIpc) is 3.06. The second kappa shape index (κ2) is 12.6. The first-order valence-corrected chi connectivity index (χ1v) is 11.6. The number of benzene rings is 1. The van der Waals surface area contributed by atoms with Gasteiger partial charge in [0.2, 0.25) is 5.89 Å². The molecule has 0 unspecified atom stereocenters. The fraction of sp³-hybridized carbons (Fsp3) is 0.600. The molecule has 0 amide bonds. The minimum Gasteiger partial charge on any atom is -0.488 e. The Morgan fingerprint density at radius 1 is 1.18 bits per heavy atom. The Kier molecular flexibility index (Phi) is 10.5. The van der Waals surface area contributed by atoms with Gasteiger partial charge >= 0.3 is 0 Å². The molecule has 1 aromatic carbocycles. The van der Waals surface area contributed by atoms with E-state index >= 15 is 0 Å². The molecule has 0 spiro atoms. The molecule has 0 radical (unpaired) electrons. The third-order valence-electron chi connectivity index (χ3n) is 5.76. The SMILES string of the molecule is CN=C(NCc1ccccc1OC(C)(C)C)NCC1CCN(Cc2nc(C)c(C)o2)CC1.I. The number of aliphatic imine (C=N–C) groups is 1. The number of hydrogen-bond acceptors (Lipinski definition) is 5. The summed E-state index contributed by atoms with van der Waals surface area (Å²) >= 11 is 0. The van der Waals surface area contributed by atoms with Gasteiger partial charge in [0.25, 0.3) is 0 Å². The fourth-order valence-electron chi connectivity index (χ4n) is 3.87. The molecular weight excluding hydrogens is 529 g/mol. The van der Waals surface area contributed by atoms with E-state index in [4.69, 9.17) is 9.15 Å². The smallest absolute Gasteiger partial charge is 0.208 e. The molecule has 1 fully saturated rings. The maximum absolute atomic E-state index is 6.10. The van der Waals surface area contributed by atoms with Gasteiger partial charge in [-0.3, -0.25) is 9.89 Å². The molecular formula is C25H40IN5O2. The van der Waals surface area contributed by atoms with Crippen molar-refractivity contribution in [1.29, 1.82) is 0 Å². The van der Waals surface area contributed by atoms with Crippen molar-refractivity contribution in [2.45, 2.75) is 66.2 Å². The number of rotatable bonds is 7. The highest BCUT2D eigenvalue weighted by Crippen LogP contribution is 2.23. The zero-order valence-electron chi connectivity index (χ0n) is 20.9. The fourth-order valence-corrected chi connectivity index (χ4v) is 3.87. The Morgan fingerprint density at radius 3 is 2.48 bits per heavy atom. The van der Waals surface area contributed by atoms with Crippen LogP contribution in [0.15, 0.2) is 33.7 Å². The standard InChI is InChI=1S/C25H39N5O2.HI/c1-18-19(2)31-23(29-18)17-30-13-11-20(12-14-30)15-27-24(26-6)28-16-21-9-7-8-10-22(21)32-25(3,4)5;/h7-10,20H,11-17H2,1-6H3,(H2,26,27,28);1H. The summed E-state index contributed by atoms with van der Waals surface area (Å²) in [6.07, 6.45) is 2.32. The molecule has 1 aromatic heterocycles. The van der Waals surface area contributed by atoms with Gasteiger partial charge in [-0.1, -0.05) is 18.2 Å². The first kappa shape index (κ1) is 27.4. The molecule has 0 atom stereocenters. The molecule has 2 heterocycles. The monoisotopic (exact) mass is 569 g/mol. The molecule has 184 valence electrons. The van der Waals surface area contributed by atoms with Crippen molar-refractivity contribution in [1.82, 2.24) is 20.5 Å². The van der Waals surface area contributed by atoms with Crippen LogP contribution in [0, 0.1) is 19.8 Å². The quantitative estimate of drug-likeness (QED) is 0.287. The summed E-state index contributed by atoms with van der Waals surface area (Å²) in [5, 5.41) is 6.93. The number of aromatic nitrogens is 1. The average molecular weight is 570 g/mol. The zero-order valence-corrected chi connectivity index (χ0v) is 23.2. The minimum absolute atomic E-state index is 0. The summed E-state index contributed by atoms with van der Waals surface area (Å²) in [5.41, 5.74) is 1.89. The van der Waals surface area contributed by atoms with E-state index in [0.29, 0.717) is 12.5 Å². The van der Waals surface area contributed by atoms with E-state index in [9.17, 15) is 0 Å². The number of oxazole rings is 1. The number of para-hydroxylation sites is 1. The Bertz CT molecular complexity index is 879. The second-order valence-corrected chi connectivity index (χ2v) is 9.60. The Balaban J connectivity index is 0.00000385. The molecule has 1 saturated heterocycles. The molecule has 33 heavy (non-hydrogen) atoms. The van der Waals surface area contributed by atoms with Crippen molar-refractivity contribution in [3.8, 4) is 5.75 Å². The first-order valence-electron chi connectivity index (χ1n) is 11.6. The van der Waals surface area contributed by atoms with Gasteiger partial charge in [0, 0.05) is 25.7 Å². The molecule has 8 heteroatoms. The van der Waals surface area contributed by atoms with E-state index in [0.717, 1.165) is 73.6 Å². The summed E-state index contributed by atoms with van der Waals surface area (Å²) in [7, 11) is 1.82. The third kappa shape index (κ3) is 8.81. The maximum atomic E-state index is 6.10. The normalized spacial score (nSPS) is 15.8. The minimum atomic E-state index is -0.227. The molecule has 2 N–H and O–H groups in total. The number of nitrogens with one attached hydrogen (secondary N) is 2. The lowest BCUT2D eigenvalue weighted by Crippen LogP contribution is -2.42. The van der Waals surface area contributed by atoms with E-state index in [2.05, 4.69) is 52.3 Å². The maximum Gasteiger partial charge on any atom is 0.208 e. The van der Waals surface area contributed by atoms with Crippen LogP contribution in [0.5, 0.6) is 5.75 Å². The summed E-state index contributed by atoms with van der Waals surface area (Å²) in [6, 6.07) is 8.16. The Hall–Kier alpha value is -1.81. The summed E-state index contributed by atoms with van der Waals surface area (Å²) in [6.45, 7) is 14.7. The van der Waals surface area contributed by atoms with E-state index in [1.165, 1.54) is 0 Å². The van der Waals surface area contributed by atoms with Gasteiger partial charge in [0.05, 0.1) is 12.2 Å². The van der Waals surface area contributed by atoms with Crippen molar-refractivity contribution >= 4 is 29.9 Å². The van der Waals surface area contributed by atoms with E-state index in [1.807, 2.05) is 39.1 Å². The van der Waals surface area contributed by atoms with Crippen LogP contribution in [0.25, 0.3) is 0 Å². The van der Waals surface area contributed by atoms with Crippen LogP contribution in [-0.4, -0.2) is 48.1 Å². The summed E-state index contributed by atoms with van der Waals surface area (Å²) in [5.74, 6) is 4.12. The number of likely N-dealkylation sites (tertiary alicyclic amines) is 1. The van der Waals surface area contributed by atoms with Crippen molar-refractivity contribution in [3.05, 3.63) is 47.2 Å². The molecule has 0 aliphatic carbocycles. The number of nitrogens with zero attached hydrogens (tertiary/aromatic N) is 3. The Morgan fingerprint density at radius 2 is 1.88 bits per heavy atom. The number of ether oxygens (including phenoxy) is 1. The lowest BCUT2D eigenvalue weighted by Gasteiger charge is -2.31. The Labute approximate surface area is 215 Å². The van der Waals surface area contributed by atoms with Gasteiger partial charge in [0.1, 0.15) is 17.1 Å². The first-order chi connectivity index (χ1) is 15.2. The second-order valence-electron chi connectivity index (χ2n) is 9.60. The van der Waals surface area contributed by atoms with E-state index < -0.39 is 0 Å². The molecule has 2 aromatic rings. The predicted molar refractivity (Wildman–Crippen MR) is 144 cm³/mol. The molecule has 1 aliphatic rings. The van der Waals surface area contributed by atoms with Gasteiger partial charge in [-0.25, -0.2) is 4.98 Å². The number of aryl methyl sites for hydroxylation is 2. The van der Waals surface area contributed by atoms with Gasteiger partial charge in [-0.15, -0.1) is 24.0 Å². The van der Waals surface area contributed by atoms with Gasteiger partial charge in [0.15, 0.2) is 5.96 Å². The van der Waals surface area contributed by atoms with Gasteiger partial charge < -0.3 is 19.8 Å². The topological polar surface area (TPSA) is 74.9 Å². The highest BCUT2D eigenvalue weighted by atomic mass is 127. The van der Waals surface area contributed by atoms with Gasteiger partial charge in [-0.2, -0.15) is 0 Å². The molecule has 0 bridgehead atoms.